The summed E-state index contributed by atoms with van der Waals surface area (Å²) in [5.41, 5.74) is -0.0355. The van der Waals surface area contributed by atoms with Crippen molar-refractivity contribution in [2.45, 2.75) is 82.8 Å². The first kappa shape index (κ1) is 30.0. The van der Waals surface area contributed by atoms with Crippen LogP contribution in [0.3, 0.4) is 0 Å². The zero-order valence-electron chi connectivity index (χ0n) is 20.8. The highest BCUT2D eigenvalue weighted by atomic mass is 32.2. The number of likely N-dealkylation sites (N-methyl/N-ethyl adjacent to an activating group) is 1. The van der Waals surface area contributed by atoms with Crippen LogP contribution in [0.25, 0.3) is 0 Å². The molecule has 1 heterocycles. The van der Waals surface area contributed by atoms with Gasteiger partial charge in [0, 0.05) is 12.2 Å². The lowest BCUT2D eigenvalue weighted by molar-refractivity contribution is -0.202. The monoisotopic (exact) mass is 535 g/mol. The molecule has 2 N–H and O–H groups in total. The second-order valence-electron chi connectivity index (χ2n) is 9.48. The van der Waals surface area contributed by atoms with Crippen LogP contribution in [0.15, 0.2) is 24.3 Å². The summed E-state index contributed by atoms with van der Waals surface area (Å²) in [5, 5.41) is 0. The Kier molecular flexibility index (Phi) is 11.2. The van der Waals surface area contributed by atoms with Gasteiger partial charge in [0.1, 0.15) is 0 Å². The summed E-state index contributed by atoms with van der Waals surface area (Å²) >= 11 is 0. The first-order chi connectivity index (χ1) is 16.8. The molecule has 36 heavy (non-hydrogen) atoms. The van der Waals surface area contributed by atoms with Crippen molar-refractivity contribution in [2.75, 3.05) is 24.9 Å². The molecule has 1 unspecified atom stereocenters. The van der Waals surface area contributed by atoms with Crippen LogP contribution >= 0.6 is 0 Å². The number of benzene rings is 1. The molecule has 1 aliphatic rings. The average Bonchev–Trinajstić information content (AvgIpc) is 2.75. The minimum atomic E-state index is -5.32. The van der Waals surface area contributed by atoms with Crippen molar-refractivity contribution in [3.8, 4) is 0 Å². The molecule has 0 amide bonds. The molecular formula is C24H36F3N3O5S. The molecule has 12 heteroatoms. The molecule has 2 rings (SSSR count). The predicted molar refractivity (Wildman–Crippen MR) is 130 cm³/mol. The summed E-state index contributed by atoms with van der Waals surface area (Å²) < 4.78 is 71.9. The average molecular weight is 536 g/mol. The van der Waals surface area contributed by atoms with Crippen LogP contribution in [0.1, 0.15) is 70.3 Å². The van der Waals surface area contributed by atoms with Gasteiger partial charge in [0.15, 0.2) is 0 Å². The van der Waals surface area contributed by atoms with Crippen molar-refractivity contribution >= 4 is 27.8 Å². The first-order valence-corrected chi connectivity index (χ1v) is 13.7. The summed E-state index contributed by atoms with van der Waals surface area (Å²) in [6, 6.07) is 6.96. The molecule has 0 aromatic heterocycles. The van der Waals surface area contributed by atoms with Crippen LogP contribution in [0.2, 0.25) is 0 Å². The Bertz CT molecular complexity index is 970. The number of esters is 2. The van der Waals surface area contributed by atoms with E-state index in [4.69, 9.17) is 0 Å². The molecule has 1 aromatic carbocycles. The van der Waals surface area contributed by atoms with Crippen LogP contribution in [0, 0.1) is 0 Å². The number of alkyl halides is 3. The van der Waals surface area contributed by atoms with Crippen LogP contribution < -0.4 is 9.44 Å². The molecule has 1 aliphatic heterocycles. The summed E-state index contributed by atoms with van der Waals surface area (Å²) in [5.74, 6) is -4.08. The molecule has 8 nitrogen and oxygen atoms in total. The number of carbonyl (C=O) groups is 2. The maximum Gasteiger partial charge on any atom is 0.491 e. The third kappa shape index (κ3) is 10.4. The van der Waals surface area contributed by atoms with Gasteiger partial charge in [-0.15, -0.1) is 0 Å². The van der Waals surface area contributed by atoms with E-state index in [9.17, 15) is 31.2 Å². The molecule has 0 bridgehead atoms. The van der Waals surface area contributed by atoms with E-state index in [1.165, 1.54) is 25.7 Å². The van der Waals surface area contributed by atoms with Gasteiger partial charge >= 0.3 is 18.1 Å². The van der Waals surface area contributed by atoms with Gasteiger partial charge in [0.2, 0.25) is 0 Å². The van der Waals surface area contributed by atoms with Gasteiger partial charge < -0.3 is 9.64 Å². The minimum Gasteiger partial charge on any atom is -0.386 e. The number of anilines is 1. The molecule has 0 aliphatic carbocycles. The lowest BCUT2D eigenvalue weighted by Gasteiger charge is -2.41. The molecule has 0 radical (unpaired) electrons. The zero-order valence-corrected chi connectivity index (χ0v) is 21.6. The van der Waals surface area contributed by atoms with E-state index in [0.29, 0.717) is 18.7 Å². The van der Waals surface area contributed by atoms with Crippen molar-refractivity contribution in [2.24, 2.45) is 0 Å². The first-order valence-electron chi connectivity index (χ1n) is 12.3. The van der Waals surface area contributed by atoms with E-state index in [1.807, 2.05) is 12.1 Å². The highest BCUT2D eigenvalue weighted by Crippen LogP contribution is 2.27. The molecule has 1 atom stereocenters. The normalized spacial score (nSPS) is 19.1. The lowest BCUT2D eigenvalue weighted by Crippen LogP contribution is -2.60. The van der Waals surface area contributed by atoms with Crippen molar-refractivity contribution in [1.29, 1.82) is 0 Å². The summed E-state index contributed by atoms with van der Waals surface area (Å²) in [6.45, 7) is 2.85. The van der Waals surface area contributed by atoms with Gasteiger partial charge in [0.05, 0.1) is 12.0 Å². The number of nitrogens with one attached hydrogen (secondary N) is 2. The van der Waals surface area contributed by atoms with Crippen LogP contribution in [0.5, 0.6) is 0 Å². The number of ether oxygens (including phenoxy) is 1. The fourth-order valence-electron chi connectivity index (χ4n) is 4.41. The summed E-state index contributed by atoms with van der Waals surface area (Å²) in [6.07, 6.45) is 2.60. The van der Waals surface area contributed by atoms with E-state index < -0.39 is 40.3 Å². The van der Waals surface area contributed by atoms with E-state index in [2.05, 4.69) is 21.1 Å². The smallest absolute Gasteiger partial charge is 0.386 e. The van der Waals surface area contributed by atoms with Crippen molar-refractivity contribution < 1.29 is 35.9 Å². The number of piperidine rings is 1. The van der Waals surface area contributed by atoms with Crippen LogP contribution in [0.4, 0.5) is 18.9 Å². The van der Waals surface area contributed by atoms with Crippen LogP contribution in [-0.4, -0.2) is 57.1 Å². The largest absolute Gasteiger partial charge is 0.491 e. The number of carbonyl (C=O) groups excluding carboxylic acids is 2. The Morgan fingerprint density at radius 2 is 1.72 bits per heavy atom. The standard InChI is InChI=1S/C24H36F3N3O5S/c1-3-4-5-6-7-8-10-19-11-13-20(14-12-19)28-36(33,34)29-23(15-9-16-30(2)18-23)17-21(31)35-22(32)24(25,26)27/h11-14,28-29H,3-10,15-18H2,1-2H3. The SMILES string of the molecule is CCCCCCCCc1ccc(NS(=O)(=O)NC2(CC(=O)OC(=O)C(F)(F)F)CCCN(C)C2)cc1. The topological polar surface area (TPSA) is 105 Å². The molecule has 1 aromatic rings. The van der Waals surface area contributed by atoms with Gasteiger partial charge in [-0.25, -0.2) is 4.79 Å². The van der Waals surface area contributed by atoms with Gasteiger partial charge in [-0.05, 0) is 57.0 Å². The lowest BCUT2D eigenvalue weighted by atomic mass is 9.87. The van der Waals surface area contributed by atoms with E-state index in [1.54, 1.807) is 24.1 Å². The highest BCUT2D eigenvalue weighted by Gasteiger charge is 2.45. The number of likely N-dealkylation sites (tertiary alicyclic amines) is 1. The molecule has 0 spiro atoms. The Labute approximate surface area is 211 Å². The fraction of sp³-hybridized carbons (Fsp3) is 0.667. The number of unbranched alkanes of at least 4 members (excludes halogenated alkanes) is 5. The van der Waals surface area contributed by atoms with Gasteiger partial charge in [-0.2, -0.15) is 26.3 Å². The molecule has 1 fully saturated rings. The third-order valence-electron chi connectivity index (χ3n) is 6.06. The second kappa shape index (κ2) is 13.4. The van der Waals surface area contributed by atoms with Gasteiger partial charge in [-0.3, -0.25) is 9.52 Å². The molecular weight excluding hydrogens is 499 g/mol. The Morgan fingerprint density at radius 3 is 2.33 bits per heavy atom. The predicted octanol–water partition coefficient (Wildman–Crippen LogP) is 4.32. The maximum atomic E-state index is 12.9. The van der Waals surface area contributed by atoms with E-state index in [-0.39, 0.29) is 13.0 Å². The molecule has 0 saturated carbocycles. The summed E-state index contributed by atoms with van der Waals surface area (Å²) in [7, 11) is -2.50. The summed E-state index contributed by atoms with van der Waals surface area (Å²) in [4.78, 5) is 24.9. The molecule has 204 valence electrons. The number of aryl methyl sites for hydroxylation is 1. The van der Waals surface area contributed by atoms with E-state index >= 15 is 0 Å². The quantitative estimate of drug-likeness (QED) is 0.221. The van der Waals surface area contributed by atoms with Gasteiger partial charge in [0.25, 0.3) is 10.2 Å². The van der Waals surface area contributed by atoms with Crippen molar-refractivity contribution in [3.05, 3.63) is 29.8 Å². The maximum absolute atomic E-state index is 12.9. The van der Waals surface area contributed by atoms with Gasteiger partial charge in [-0.1, -0.05) is 51.2 Å². The highest BCUT2D eigenvalue weighted by molar-refractivity contribution is 7.90. The fourth-order valence-corrected chi connectivity index (χ4v) is 5.72. The Balaban J connectivity index is 2.00. The van der Waals surface area contributed by atoms with Crippen LogP contribution in [-0.2, 0) is 31.0 Å². The van der Waals surface area contributed by atoms with Crippen molar-refractivity contribution in [1.82, 2.24) is 9.62 Å². The Hall–Kier alpha value is -2.18. The number of nitrogens with zero attached hydrogens (tertiary/aromatic N) is 1. The third-order valence-corrected chi connectivity index (χ3v) is 7.27. The zero-order chi connectivity index (χ0) is 26.8. The number of hydrogen-bond acceptors (Lipinski definition) is 6. The Morgan fingerprint density at radius 1 is 1.08 bits per heavy atom. The van der Waals surface area contributed by atoms with E-state index in [0.717, 1.165) is 24.8 Å². The molecule has 1 saturated heterocycles. The minimum absolute atomic E-state index is 0.0560. The van der Waals surface area contributed by atoms with Crippen molar-refractivity contribution in [3.63, 3.8) is 0 Å². The number of rotatable bonds is 13. The second-order valence-corrected chi connectivity index (χ2v) is 10.9. The number of halogens is 3. The number of hydrogen-bond donors (Lipinski definition) is 2.